The molecule has 0 aliphatic rings. The van der Waals surface area contributed by atoms with Crippen molar-refractivity contribution in [3.05, 3.63) is 108 Å². The molecule has 2 N–H and O–H groups in total. The average molecular weight is 430 g/mol. The van der Waals surface area contributed by atoms with Crippen LogP contribution in [0.4, 0.5) is 4.79 Å². The Morgan fingerprint density at radius 1 is 0.750 bits per heavy atom. The summed E-state index contributed by atoms with van der Waals surface area (Å²) in [5.41, 5.74) is 3.54. The van der Waals surface area contributed by atoms with Gasteiger partial charge in [-0.15, -0.1) is 0 Å². The van der Waals surface area contributed by atoms with Crippen LogP contribution in [0.5, 0.6) is 0 Å². The quantitative estimate of drug-likeness (QED) is 0.496. The molecule has 0 unspecified atom stereocenters. The van der Waals surface area contributed by atoms with Crippen molar-refractivity contribution < 1.29 is 9.59 Å². The molecule has 0 aliphatic carbocycles. The van der Waals surface area contributed by atoms with E-state index in [1.54, 1.807) is 11.9 Å². The molecule has 0 aromatic heterocycles. The Morgan fingerprint density at radius 2 is 1.28 bits per heavy atom. The zero-order chi connectivity index (χ0) is 22.6. The molecule has 32 heavy (non-hydrogen) atoms. The first-order chi connectivity index (χ1) is 15.6. The minimum Gasteiger partial charge on any atom is -0.356 e. The number of carbonyl (C=O) groups excluding carboxylic acids is 2. The lowest BCUT2D eigenvalue weighted by Crippen LogP contribution is -2.39. The molecule has 0 aliphatic heterocycles. The van der Waals surface area contributed by atoms with Gasteiger partial charge in [0, 0.05) is 39.0 Å². The van der Waals surface area contributed by atoms with Crippen molar-refractivity contribution in [1.29, 1.82) is 0 Å². The van der Waals surface area contributed by atoms with Gasteiger partial charge < -0.3 is 15.5 Å². The van der Waals surface area contributed by atoms with Crippen molar-refractivity contribution in [3.8, 4) is 0 Å². The van der Waals surface area contributed by atoms with Crippen molar-refractivity contribution in [3.63, 3.8) is 0 Å². The van der Waals surface area contributed by atoms with E-state index in [-0.39, 0.29) is 24.3 Å². The monoisotopic (exact) mass is 429 g/mol. The minimum atomic E-state index is -0.185. The number of hydrogen-bond donors (Lipinski definition) is 2. The van der Waals surface area contributed by atoms with Crippen LogP contribution in [0.15, 0.2) is 91.0 Å². The summed E-state index contributed by atoms with van der Waals surface area (Å²) in [6.45, 7) is 1.42. The van der Waals surface area contributed by atoms with Crippen LogP contribution in [-0.2, 0) is 11.3 Å². The topological polar surface area (TPSA) is 61.4 Å². The molecule has 0 saturated carbocycles. The van der Waals surface area contributed by atoms with Gasteiger partial charge in [-0.2, -0.15) is 0 Å². The molecule has 0 radical (unpaired) electrons. The summed E-state index contributed by atoms with van der Waals surface area (Å²) in [6.07, 6.45) is 1.07. The predicted molar refractivity (Wildman–Crippen MR) is 128 cm³/mol. The molecule has 166 valence electrons. The predicted octanol–water partition coefficient (Wildman–Crippen LogP) is 4.56. The van der Waals surface area contributed by atoms with Gasteiger partial charge in [-0.1, -0.05) is 91.0 Å². The van der Waals surface area contributed by atoms with Crippen molar-refractivity contribution in [2.45, 2.75) is 25.3 Å². The number of rotatable bonds is 10. The van der Waals surface area contributed by atoms with E-state index in [9.17, 15) is 9.59 Å². The Hall–Kier alpha value is -3.60. The molecule has 5 heteroatoms. The largest absolute Gasteiger partial charge is 0.356 e. The molecule has 0 fully saturated rings. The second-order valence-electron chi connectivity index (χ2n) is 7.84. The first-order valence-electron chi connectivity index (χ1n) is 11.0. The fraction of sp³-hybridized carbons (Fsp3) is 0.259. The molecule has 0 atom stereocenters. The summed E-state index contributed by atoms with van der Waals surface area (Å²) in [6, 6.07) is 30.3. The van der Waals surface area contributed by atoms with Crippen molar-refractivity contribution >= 4 is 11.9 Å². The first-order valence-corrected chi connectivity index (χ1v) is 11.0. The molecular formula is C27H31N3O2. The third-order valence-corrected chi connectivity index (χ3v) is 5.40. The SMILES string of the molecule is CN(Cc1ccccc1)C(=O)NCCC(=O)NCCC(c1ccccc1)c1ccccc1. The number of benzene rings is 3. The lowest BCUT2D eigenvalue weighted by molar-refractivity contribution is -0.120. The highest BCUT2D eigenvalue weighted by Gasteiger charge is 2.14. The van der Waals surface area contributed by atoms with Crippen molar-refractivity contribution in [1.82, 2.24) is 15.5 Å². The number of hydrogen-bond acceptors (Lipinski definition) is 2. The van der Waals surface area contributed by atoms with Crippen LogP contribution in [0.1, 0.15) is 35.4 Å². The minimum absolute atomic E-state index is 0.0594. The molecule has 3 aromatic carbocycles. The summed E-state index contributed by atoms with van der Waals surface area (Å²) >= 11 is 0. The third kappa shape index (κ3) is 7.27. The number of nitrogens with zero attached hydrogens (tertiary/aromatic N) is 1. The van der Waals surface area contributed by atoms with E-state index in [0.717, 1.165) is 12.0 Å². The summed E-state index contributed by atoms with van der Waals surface area (Å²) in [4.78, 5) is 26.1. The van der Waals surface area contributed by atoms with Gasteiger partial charge in [-0.25, -0.2) is 4.79 Å². The van der Waals surface area contributed by atoms with Gasteiger partial charge in [-0.05, 0) is 23.1 Å². The fourth-order valence-electron chi connectivity index (χ4n) is 3.69. The van der Waals surface area contributed by atoms with Crippen LogP contribution >= 0.6 is 0 Å². The van der Waals surface area contributed by atoms with E-state index in [4.69, 9.17) is 0 Å². The second kappa shape index (κ2) is 12.3. The Morgan fingerprint density at radius 3 is 1.84 bits per heavy atom. The molecular weight excluding hydrogens is 398 g/mol. The van der Waals surface area contributed by atoms with Crippen molar-refractivity contribution in [2.24, 2.45) is 0 Å². The summed E-state index contributed by atoms with van der Waals surface area (Å²) in [7, 11) is 1.75. The van der Waals surface area contributed by atoms with Crippen molar-refractivity contribution in [2.75, 3.05) is 20.1 Å². The third-order valence-electron chi connectivity index (χ3n) is 5.40. The molecule has 3 aromatic rings. The van der Waals surface area contributed by atoms with Gasteiger partial charge in [0.15, 0.2) is 0 Å². The average Bonchev–Trinajstić information content (AvgIpc) is 2.83. The highest BCUT2D eigenvalue weighted by molar-refractivity contribution is 5.78. The zero-order valence-electron chi connectivity index (χ0n) is 18.5. The maximum absolute atomic E-state index is 12.3. The number of carbonyl (C=O) groups is 2. The number of urea groups is 1. The van der Waals surface area contributed by atoms with Crippen LogP contribution < -0.4 is 10.6 Å². The maximum atomic E-state index is 12.3. The Bertz CT molecular complexity index is 922. The normalized spacial score (nSPS) is 10.6. The molecule has 0 heterocycles. The maximum Gasteiger partial charge on any atom is 0.317 e. The van der Waals surface area contributed by atoms with Gasteiger partial charge in [0.2, 0.25) is 5.91 Å². The van der Waals surface area contributed by atoms with E-state index in [1.165, 1.54) is 11.1 Å². The van der Waals surface area contributed by atoms with E-state index in [1.807, 2.05) is 66.7 Å². The molecule has 0 spiro atoms. The lowest BCUT2D eigenvalue weighted by atomic mass is 9.88. The standard InChI is InChI=1S/C27H31N3O2/c1-30(21-22-11-5-2-6-12-22)27(32)29-20-18-26(31)28-19-17-25(23-13-7-3-8-14-23)24-15-9-4-10-16-24/h2-16,25H,17-21H2,1H3,(H,28,31)(H,29,32). The van der Waals surface area contributed by atoms with Crippen LogP contribution in [0.25, 0.3) is 0 Å². The van der Waals surface area contributed by atoms with Gasteiger partial charge in [-0.3, -0.25) is 4.79 Å². The molecule has 3 amide bonds. The smallest absolute Gasteiger partial charge is 0.317 e. The van der Waals surface area contributed by atoms with Crippen LogP contribution in [0.2, 0.25) is 0 Å². The Kier molecular flexibility index (Phi) is 8.87. The Labute approximate surface area is 190 Å². The van der Waals surface area contributed by atoms with Gasteiger partial charge in [0.25, 0.3) is 0 Å². The lowest BCUT2D eigenvalue weighted by Gasteiger charge is -2.19. The summed E-state index contributed by atoms with van der Waals surface area (Å²) in [5.74, 6) is 0.167. The van der Waals surface area contributed by atoms with E-state index in [2.05, 4.69) is 34.9 Å². The van der Waals surface area contributed by atoms with Gasteiger partial charge >= 0.3 is 6.03 Å². The highest BCUT2D eigenvalue weighted by atomic mass is 16.2. The molecule has 3 rings (SSSR count). The molecule has 0 saturated heterocycles. The fourth-order valence-corrected chi connectivity index (χ4v) is 3.69. The summed E-state index contributed by atoms with van der Waals surface area (Å²) < 4.78 is 0. The van der Waals surface area contributed by atoms with Gasteiger partial charge in [0.1, 0.15) is 0 Å². The zero-order valence-corrected chi connectivity index (χ0v) is 18.5. The number of nitrogens with one attached hydrogen (secondary N) is 2. The summed E-state index contributed by atoms with van der Waals surface area (Å²) in [5, 5.41) is 5.80. The van der Waals surface area contributed by atoms with Crippen LogP contribution in [0, 0.1) is 0 Å². The van der Waals surface area contributed by atoms with Crippen LogP contribution in [-0.4, -0.2) is 37.0 Å². The second-order valence-corrected chi connectivity index (χ2v) is 7.84. The van der Waals surface area contributed by atoms with E-state index >= 15 is 0 Å². The molecule has 0 bridgehead atoms. The first kappa shape index (κ1) is 23.1. The Balaban J connectivity index is 1.40. The van der Waals surface area contributed by atoms with Crippen LogP contribution in [0.3, 0.4) is 0 Å². The van der Waals surface area contributed by atoms with E-state index in [0.29, 0.717) is 19.6 Å². The highest BCUT2D eigenvalue weighted by Crippen LogP contribution is 2.27. The number of amides is 3. The van der Waals surface area contributed by atoms with Gasteiger partial charge in [0.05, 0.1) is 0 Å². The molecule has 5 nitrogen and oxygen atoms in total. The van der Waals surface area contributed by atoms with E-state index < -0.39 is 0 Å².